The van der Waals surface area contributed by atoms with Crippen LogP contribution in [0, 0.1) is 0 Å². The van der Waals surface area contributed by atoms with Gasteiger partial charge in [0.15, 0.2) is 5.69 Å². The van der Waals surface area contributed by atoms with Crippen LogP contribution in [-0.2, 0) is 6.54 Å². The molecule has 0 spiro atoms. The summed E-state index contributed by atoms with van der Waals surface area (Å²) in [5, 5.41) is 6.70. The van der Waals surface area contributed by atoms with E-state index in [0.29, 0.717) is 22.8 Å². The van der Waals surface area contributed by atoms with E-state index in [-0.39, 0.29) is 11.9 Å². The summed E-state index contributed by atoms with van der Waals surface area (Å²) in [6.07, 6.45) is 6.30. The third kappa shape index (κ3) is 3.96. The molecular weight excluding hydrogens is 436 g/mol. The van der Waals surface area contributed by atoms with Gasteiger partial charge in [-0.15, -0.1) is 23.1 Å². The summed E-state index contributed by atoms with van der Waals surface area (Å²) < 4.78 is 0. The molecule has 8 heteroatoms. The Morgan fingerprint density at radius 1 is 1.20 bits per heavy atom. The highest BCUT2D eigenvalue weighted by atomic mass is 35.5. The molecule has 1 N–H and O–H groups in total. The predicted molar refractivity (Wildman–Crippen MR) is 123 cm³/mol. The first-order valence-corrected chi connectivity index (χ1v) is 12.7. The minimum absolute atomic E-state index is 0.101. The molecule has 5 rings (SSSR count). The van der Waals surface area contributed by atoms with E-state index in [1.54, 1.807) is 11.3 Å². The van der Waals surface area contributed by atoms with Crippen LogP contribution in [0.15, 0.2) is 40.7 Å². The van der Waals surface area contributed by atoms with Crippen molar-refractivity contribution >= 4 is 51.0 Å². The monoisotopic (exact) mass is 458 g/mol. The van der Waals surface area contributed by atoms with Gasteiger partial charge in [-0.3, -0.25) is 9.69 Å². The molecule has 2 aliphatic rings. The van der Waals surface area contributed by atoms with Gasteiger partial charge in [-0.2, -0.15) is 0 Å². The van der Waals surface area contributed by atoms with Gasteiger partial charge >= 0.3 is 0 Å². The summed E-state index contributed by atoms with van der Waals surface area (Å²) in [4.78, 5) is 25.7. The van der Waals surface area contributed by atoms with E-state index in [2.05, 4.69) is 32.3 Å². The van der Waals surface area contributed by atoms with E-state index in [0.717, 1.165) is 34.8 Å². The van der Waals surface area contributed by atoms with Crippen LogP contribution in [0.2, 0.25) is 5.02 Å². The number of hydrogen-bond acceptors (Lipinski definition) is 6. The molecule has 156 valence electrons. The van der Waals surface area contributed by atoms with Gasteiger partial charge in [0, 0.05) is 29.7 Å². The van der Waals surface area contributed by atoms with E-state index in [1.807, 2.05) is 29.8 Å². The number of halogens is 1. The van der Waals surface area contributed by atoms with E-state index in [4.69, 9.17) is 11.6 Å². The number of aromatic nitrogens is 2. The minimum atomic E-state index is -0.101. The van der Waals surface area contributed by atoms with Crippen LogP contribution >= 0.6 is 34.7 Å². The lowest BCUT2D eigenvalue weighted by molar-refractivity contribution is 0.0820. The number of amides is 1. The van der Waals surface area contributed by atoms with Crippen LogP contribution in [0.5, 0.6) is 0 Å². The largest absolute Gasteiger partial charge is 0.348 e. The molecule has 0 saturated carbocycles. The van der Waals surface area contributed by atoms with Gasteiger partial charge < -0.3 is 5.32 Å². The van der Waals surface area contributed by atoms with Gasteiger partial charge in [0.1, 0.15) is 15.4 Å². The number of thioether (sulfide) groups is 1. The highest BCUT2D eigenvalue weighted by molar-refractivity contribution is 7.98. The molecular formula is C22H23ClN4OS2. The Hall–Kier alpha value is -1.67. The van der Waals surface area contributed by atoms with Crippen molar-refractivity contribution in [1.29, 1.82) is 0 Å². The fourth-order valence-electron chi connectivity index (χ4n) is 4.77. The Bertz CT molecular complexity index is 1060. The van der Waals surface area contributed by atoms with Crippen LogP contribution in [0.3, 0.4) is 0 Å². The number of benzene rings is 1. The first-order valence-electron chi connectivity index (χ1n) is 10.2. The second-order valence-corrected chi connectivity index (χ2v) is 10.1. The first-order chi connectivity index (χ1) is 14.6. The van der Waals surface area contributed by atoms with Gasteiger partial charge in [-0.25, -0.2) is 9.97 Å². The molecule has 0 aliphatic carbocycles. The van der Waals surface area contributed by atoms with E-state index in [1.165, 1.54) is 30.2 Å². The Morgan fingerprint density at radius 2 is 1.93 bits per heavy atom. The quantitative estimate of drug-likeness (QED) is 0.545. The lowest BCUT2D eigenvalue weighted by Gasteiger charge is -2.39. The SMILES string of the molecule is CSc1nc2sccc2nc1C(=O)NC1CC2CCC(C1)N2Cc1ccc(Cl)cc1. The van der Waals surface area contributed by atoms with E-state index < -0.39 is 0 Å². The third-order valence-corrected chi connectivity index (χ3v) is 7.89. The Kier molecular flexibility index (Phi) is 5.71. The van der Waals surface area contributed by atoms with Crippen molar-refractivity contribution < 1.29 is 4.79 Å². The molecule has 30 heavy (non-hydrogen) atoms. The normalized spacial score (nSPS) is 23.7. The topological polar surface area (TPSA) is 58.1 Å². The van der Waals surface area contributed by atoms with Crippen molar-refractivity contribution in [3.63, 3.8) is 0 Å². The maximum absolute atomic E-state index is 13.0. The van der Waals surface area contributed by atoms with Crippen molar-refractivity contribution in [3.05, 3.63) is 52.0 Å². The fourth-order valence-corrected chi connectivity index (χ4v) is 6.17. The second-order valence-electron chi connectivity index (χ2n) is 8.02. The number of piperidine rings is 1. The van der Waals surface area contributed by atoms with Crippen molar-refractivity contribution in [3.8, 4) is 0 Å². The number of nitrogens with one attached hydrogen (secondary N) is 1. The molecule has 1 amide bonds. The van der Waals surface area contributed by atoms with Crippen LogP contribution in [0.1, 0.15) is 41.7 Å². The summed E-state index contributed by atoms with van der Waals surface area (Å²) in [6.45, 7) is 0.949. The van der Waals surface area contributed by atoms with Gasteiger partial charge in [0.05, 0.1) is 0 Å². The van der Waals surface area contributed by atoms with Crippen LogP contribution < -0.4 is 5.32 Å². The zero-order chi connectivity index (χ0) is 20.7. The predicted octanol–water partition coefficient (Wildman–Crippen LogP) is 4.99. The second kappa shape index (κ2) is 8.46. The highest BCUT2D eigenvalue weighted by Crippen LogP contribution is 2.37. The third-order valence-electron chi connectivity index (χ3n) is 6.17. The molecule has 2 saturated heterocycles. The molecule has 2 atom stereocenters. The van der Waals surface area contributed by atoms with Gasteiger partial charge in [-0.05, 0) is 61.1 Å². The number of rotatable bonds is 5. The summed E-state index contributed by atoms with van der Waals surface area (Å²) in [6, 6.07) is 11.3. The maximum Gasteiger partial charge on any atom is 0.272 e. The average Bonchev–Trinajstić information content (AvgIpc) is 3.29. The van der Waals surface area contributed by atoms with Gasteiger partial charge in [0.2, 0.25) is 0 Å². The fraction of sp³-hybridized carbons (Fsp3) is 0.409. The Morgan fingerprint density at radius 3 is 2.63 bits per heavy atom. The Labute approximate surface area is 189 Å². The molecule has 2 bridgehead atoms. The number of fused-ring (bicyclic) bond motifs is 3. The molecule has 2 fully saturated rings. The number of carbonyl (C=O) groups is 1. The van der Waals surface area contributed by atoms with Crippen LogP contribution in [-0.4, -0.2) is 45.2 Å². The van der Waals surface area contributed by atoms with Crippen molar-refractivity contribution in [2.24, 2.45) is 0 Å². The molecule has 2 unspecified atom stereocenters. The molecule has 5 nitrogen and oxygen atoms in total. The lowest BCUT2D eigenvalue weighted by atomic mass is 9.96. The highest BCUT2D eigenvalue weighted by Gasteiger charge is 2.41. The zero-order valence-electron chi connectivity index (χ0n) is 16.7. The van der Waals surface area contributed by atoms with E-state index in [9.17, 15) is 4.79 Å². The number of hydrogen-bond donors (Lipinski definition) is 1. The summed E-state index contributed by atoms with van der Waals surface area (Å²) in [5.74, 6) is -0.101. The molecule has 1 aromatic carbocycles. The maximum atomic E-state index is 13.0. The average molecular weight is 459 g/mol. The van der Waals surface area contributed by atoms with Crippen molar-refractivity contribution in [2.75, 3.05) is 6.26 Å². The summed E-state index contributed by atoms with van der Waals surface area (Å²) in [7, 11) is 0. The number of nitrogens with zero attached hydrogens (tertiary/aromatic N) is 3. The number of thiophene rings is 1. The standard InChI is InChI=1S/C22H23ClN4OS2/c1-29-22-19(25-18-8-9-30-21(18)26-22)20(28)24-15-10-16-6-7-17(11-15)27(16)12-13-2-4-14(23)5-3-13/h2-5,8-9,15-17H,6-7,10-12H2,1H3,(H,24,28). The molecule has 2 aromatic heterocycles. The number of carbonyl (C=O) groups excluding carboxylic acids is 1. The van der Waals surface area contributed by atoms with Crippen molar-refractivity contribution in [1.82, 2.24) is 20.2 Å². The smallest absolute Gasteiger partial charge is 0.272 e. The van der Waals surface area contributed by atoms with Crippen LogP contribution in [0.25, 0.3) is 10.3 Å². The zero-order valence-corrected chi connectivity index (χ0v) is 19.1. The van der Waals surface area contributed by atoms with Gasteiger partial charge in [0.25, 0.3) is 5.91 Å². The van der Waals surface area contributed by atoms with Crippen molar-refractivity contribution in [2.45, 2.75) is 55.4 Å². The minimum Gasteiger partial charge on any atom is -0.348 e. The van der Waals surface area contributed by atoms with E-state index >= 15 is 0 Å². The lowest BCUT2D eigenvalue weighted by Crippen LogP contribution is -2.50. The summed E-state index contributed by atoms with van der Waals surface area (Å²) >= 11 is 9.05. The molecule has 2 aliphatic heterocycles. The molecule has 3 aromatic rings. The molecule has 0 radical (unpaired) electrons. The summed E-state index contributed by atoms with van der Waals surface area (Å²) in [5.41, 5.74) is 2.54. The molecule has 4 heterocycles. The van der Waals surface area contributed by atoms with Crippen LogP contribution in [0.4, 0.5) is 0 Å². The first kappa shape index (κ1) is 20.2. The Balaban J connectivity index is 1.27. The van der Waals surface area contributed by atoms with Gasteiger partial charge in [-0.1, -0.05) is 23.7 Å².